The Morgan fingerprint density at radius 2 is 1.94 bits per heavy atom. The number of amides is 1. The molecule has 4 heterocycles. The van der Waals surface area contributed by atoms with Crippen LogP contribution in [0.3, 0.4) is 0 Å². The first-order chi connectivity index (χ1) is 15.2. The summed E-state index contributed by atoms with van der Waals surface area (Å²) in [7, 11) is 0. The Morgan fingerprint density at radius 3 is 2.74 bits per heavy atom. The second-order valence-electron chi connectivity index (χ2n) is 7.48. The zero-order valence-corrected chi connectivity index (χ0v) is 17.4. The van der Waals surface area contributed by atoms with Crippen molar-refractivity contribution in [2.24, 2.45) is 0 Å². The molecule has 1 saturated heterocycles. The molecule has 0 aliphatic carbocycles. The van der Waals surface area contributed by atoms with Gasteiger partial charge in [-0.15, -0.1) is 15.3 Å². The van der Waals surface area contributed by atoms with Gasteiger partial charge in [0, 0.05) is 30.9 Å². The normalized spacial score (nSPS) is 16.4. The van der Waals surface area contributed by atoms with E-state index < -0.39 is 0 Å². The molecule has 1 atom stereocenters. The van der Waals surface area contributed by atoms with Crippen LogP contribution in [-0.2, 0) is 0 Å². The molecule has 4 aromatic rings. The summed E-state index contributed by atoms with van der Waals surface area (Å²) < 4.78 is 1.77. The second-order valence-corrected chi connectivity index (χ2v) is 7.87. The van der Waals surface area contributed by atoms with Gasteiger partial charge < -0.3 is 10.2 Å². The number of nitrogens with one attached hydrogen (secondary N) is 1. The van der Waals surface area contributed by atoms with E-state index in [9.17, 15) is 4.79 Å². The van der Waals surface area contributed by atoms with Crippen LogP contribution in [-0.4, -0.2) is 49.8 Å². The fraction of sp³-hybridized carbons (Fsp3) is 0.227. The van der Waals surface area contributed by atoms with Crippen LogP contribution in [0.2, 0.25) is 5.15 Å². The minimum atomic E-state index is -0.149. The second kappa shape index (κ2) is 8.31. The summed E-state index contributed by atoms with van der Waals surface area (Å²) in [6, 6.07) is 17.1. The number of hydrogen-bond acceptors (Lipinski definition) is 6. The maximum atomic E-state index is 12.6. The van der Waals surface area contributed by atoms with Gasteiger partial charge in [-0.3, -0.25) is 4.79 Å². The lowest BCUT2D eigenvalue weighted by molar-refractivity contribution is 0.0932. The van der Waals surface area contributed by atoms with Gasteiger partial charge in [-0.2, -0.15) is 4.52 Å². The Kier molecular flexibility index (Phi) is 5.21. The number of aromatic nitrogens is 5. The first-order valence-electron chi connectivity index (χ1n) is 10.1. The highest BCUT2D eigenvalue weighted by molar-refractivity contribution is 6.29. The molecule has 0 radical (unpaired) electrons. The number of halogens is 1. The van der Waals surface area contributed by atoms with Crippen LogP contribution < -0.4 is 10.2 Å². The maximum Gasteiger partial charge on any atom is 0.253 e. The van der Waals surface area contributed by atoms with Gasteiger partial charge in [0.2, 0.25) is 0 Å². The summed E-state index contributed by atoms with van der Waals surface area (Å²) in [6.45, 7) is 1.55. The van der Waals surface area contributed by atoms with E-state index in [0.717, 1.165) is 30.8 Å². The van der Waals surface area contributed by atoms with Crippen molar-refractivity contribution >= 4 is 29.0 Å². The molecule has 1 aromatic carbocycles. The third kappa shape index (κ3) is 4.06. The van der Waals surface area contributed by atoms with E-state index in [4.69, 9.17) is 16.7 Å². The highest BCUT2D eigenvalue weighted by atomic mass is 35.5. The van der Waals surface area contributed by atoms with Gasteiger partial charge in [0.25, 0.3) is 5.91 Å². The predicted octanol–water partition coefficient (Wildman–Crippen LogP) is 3.24. The van der Waals surface area contributed by atoms with Crippen LogP contribution in [0.5, 0.6) is 0 Å². The van der Waals surface area contributed by atoms with Crippen LogP contribution in [0.25, 0.3) is 17.0 Å². The molecule has 9 heteroatoms. The number of hydrogen-bond donors (Lipinski definition) is 1. The molecule has 0 bridgehead atoms. The lowest BCUT2D eigenvalue weighted by Crippen LogP contribution is -2.48. The monoisotopic (exact) mass is 433 g/mol. The maximum absolute atomic E-state index is 12.6. The van der Waals surface area contributed by atoms with E-state index in [1.54, 1.807) is 16.6 Å². The zero-order valence-electron chi connectivity index (χ0n) is 16.6. The van der Waals surface area contributed by atoms with Gasteiger partial charge >= 0.3 is 0 Å². The Labute approximate surface area is 183 Å². The number of rotatable bonds is 4. The third-order valence-electron chi connectivity index (χ3n) is 5.35. The minimum absolute atomic E-state index is 0.0175. The van der Waals surface area contributed by atoms with E-state index in [0.29, 0.717) is 28.7 Å². The largest absolute Gasteiger partial charge is 0.353 e. The van der Waals surface area contributed by atoms with Crippen molar-refractivity contribution in [2.75, 3.05) is 18.0 Å². The van der Waals surface area contributed by atoms with Gasteiger partial charge in [0.1, 0.15) is 11.0 Å². The Bertz CT molecular complexity index is 1210. The van der Waals surface area contributed by atoms with E-state index in [1.165, 1.54) is 6.20 Å². The average molecular weight is 434 g/mol. The molecule has 1 N–H and O–H groups in total. The number of benzene rings is 1. The minimum Gasteiger partial charge on any atom is -0.353 e. The molecular weight excluding hydrogens is 414 g/mol. The highest BCUT2D eigenvalue weighted by Gasteiger charge is 2.23. The Balaban J connectivity index is 1.35. The highest BCUT2D eigenvalue weighted by Crippen LogP contribution is 2.22. The number of anilines is 1. The number of pyridine rings is 1. The SMILES string of the molecule is O=C(NC1CCCN(c2ccc3nnc(-c4ccccc4)n3n2)C1)c1ccc(Cl)nc1. The Morgan fingerprint density at radius 1 is 1.06 bits per heavy atom. The molecule has 8 nitrogen and oxygen atoms in total. The molecule has 1 fully saturated rings. The van der Waals surface area contributed by atoms with E-state index in [-0.39, 0.29) is 11.9 Å². The van der Waals surface area contributed by atoms with Crippen LogP contribution in [0.15, 0.2) is 60.8 Å². The number of piperidine rings is 1. The summed E-state index contributed by atoms with van der Waals surface area (Å²) in [4.78, 5) is 18.7. The van der Waals surface area contributed by atoms with Crippen LogP contribution in [0.4, 0.5) is 5.82 Å². The van der Waals surface area contributed by atoms with Crippen molar-refractivity contribution in [2.45, 2.75) is 18.9 Å². The number of carbonyl (C=O) groups is 1. The quantitative estimate of drug-likeness (QED) is 0.497. The smallest absolute Gasteiger partial charge is 0.253 e. The summed E-state index contributed by atoms with van der Waals surface area (Å²) in [6.07, 6.45) is 3.36. The van der Waals surface area contributed by atoms with Crippen molar-refractivity contribution in [1.82, 2.24) is 30.1 Å². The van der Waals surface area contributed by atoms with Gasteiger partial charge in [-0.05, 0) is 37.1 Å². The molecule has 1 aliphatic heterocycles. The van der Waals surface area contributed by atoms with Gasteiger partial charge in [-0.25, -0.2) is 4.98 Å². The first kappa shape index (κ1) is 19.4. The van der Waals surface area contributed by atoms with Crippen molar-refractivity contribution in [3.63, 3.8) is 0 Å². The van der Waals surface area contributed by atoms with Crippen LogP contribution >= 0.6 is 11.6 Å². The van der Waals surface area contributed by atoms with Crippen molar-refractivity contribution < 1.29 is 4.79 Å². The van der Waals surface area contributed by atoms with E-state index in [2.05, 4.69) is 25.4 Å². The summed E-state index contributed by atoms with van der Waals surface area (Å²) in [5, 5.41) is 16.8. The standard InChI is InChI=1S/C22H20ClN7O/c23-18-9-8-16(13-24-18)22(31)25-17-7-4-12-29(14-17)20-11-10-19-26-27-21(30(19)28-20)15-5-2-1-3-6-15/h1-3,5-6,8-11,13,17H,4,7,12,14H2,(H,25,31). The van der Waals surface area contributed by atoms with Gasteiger partial charge in [0.05, 0.1) is 5.56 Å². The fourth-order valence-electron chi connectivity index (χ4n) is 3.80. The number of carbonyl (C=O) groups excluding carboxylic acids is 1. The van der Waals surface area contributed by atoms with Crippen molar-refractivity contribution in [3.05, 3.63) is 71.5 Å². The molecule has 3 aromatic heterocycles. The molecule has 156 valence electrons. The molecular formula is C22H20ClN7O. The Hall–Kier alpha value is -3.52. The molecule has 1 amide bonds. The third-order valence-corrected chi connectivity index (χ3v) is 5.57. The van der Waals surface area contributed by atoms with Gasteiger partial charge in [0.15, 0.2) is 11.5 Å². The molecule has 1 aliphatic rings. The molecule has 5 rings (SSSR count). The molecule has 31 heavy (non-hydrogen) atoms. The zero-order chi connectivity index (χ0) is 21.2. The molecule has 0 spiro atoms. The lowest BCUT2D eigenvalue weighted by atomic mass is 10.1. The number of nitrogens with zero attached hydrogens (tertiary/aromatic N) is 6. The summed E-state index contributed by atoms with van der Waals surface area (Å²) in [5.74, 6) is 1.38. The van der Waals surface area contributed by atoms with E-state index >= 15 is 0 Å². The molecule has 0 saturated carbocycles. The van der Waals surface area contributed by atoms with E-state index in [1.807, 2.05) is 42.5 Å². The topological polar surface area (TPSA) is 88.3 Å². The molecule has 1 unspecified atom stereocenters. The first-order valence-corrected chi connectivity index (χ1v) is 10.5. The predicted molar refractivity (Wildman–Crippen MR) is 118 cm³/mol. The number of fused-ring (bicyclic) bond motifs is 1. The average Bonchev–Trinajstić information content (AvgIpc) is 3.23. The van der Waals surface area contributed by atoms with Crippen LogP contribution in [0.1, 0.15) is 23.2 Å². The van der Waals surface area contributed by atoms with Crippen LogP contribution in [0, 0.1) is 0 Å². The van der Waals surface area contributed by atoms with Gasteiger partial charge in [-0.1, -0.05) is 41.9 Å². The fourth-order valence-corrected chi connectivity index (χ4v) is 3.91. The van der Waals surface area contributed by atoms with Crippen molar-refractivity contribution in [3.8, 4) is 11.4 Å². The lowest BCUT2D eigenvalue weighted by Gasteiger charge is -2.33. The van der Waals surface area contributed by atoms with Crippen molar-refractivity contribution in [1.29, 1.82) is 0 Å². The summed E-state index contributed by atoms with van der Waals surface area (Å²) in [5.41, 5.74) is 2.15. The summed E-state index contributed by atoms with van der Waals surface area (Å²) >= 11 is 5.81.